The zero-order valence-electron chi connectivity index (χ0n) is 10.9. The molecule has 0 aromatic heterocycles. The van der Waals surface area contributed by atoms with Crippen LogP contribution in [0.1, 0.15) is 13.3 Å². The summed E-state index contributed by atoms with van der Waals surface area (Å²) in [5, 5.41) is 19.8. The number of methoxy groups -OCH3 is 1. The highest BCUT2D eigenvalue weighted by atomic mass is 19.1. The molecule has 0 aliphatic rings. The van der Waals surface area contributed by atoms with Gasteiger partial charge in [0.25, 0.3) is 0 Å². The normalized spacial score (nSPS) is 10.3. The van der Waals surface area contributed by atoms with Gasteiger partial charge in [-0.2, -0.15) is 0 Å². The number of rotatable bonds is 7. The summed E-state index contributed by atoms with van der Waals surface area (Å²) in [7, 11) is 1.29. The second kappa shape index (κ2) is 6.89. The Kier molecular flexibility index (Phi) is 5.50. The lowest BCUT2D eigenvalue weighted by atomic mass is 10.2. The van der Waals surface area contributed by atoms with Crippen LogP contribution < -0.4 is 9.64 Å². The molecule has 0 fully saturated rings. The van der Waals surface area contributed by atoms with Crippen LogP contribution in [0.15, 0.2) is 12.1 Å². The average Bonchev–Trinajstić information content (AvgIpc) is 2.38. The van der Waals surface area contributed by atoms with Gasteiger partial charge < -0.3 is 14.7 Å². The molecule has 0 aliphatic heterocycles. The van der Waals surface area contributed by atoms with Gasteiger partial charge in [-0.15, -0.1) is 0 Å². The van der Waals surface area contributed by atoms with E-state index in [-0.39, 0.29) is 24.6 Å². The van der Waals surface area contributed by atoms with E-state index in [1.807, 2.05) is 6.92 Å². The van der Waals surface area contributed by atoms with E-state index in [0.717, 1.165) is 12.5 Å². The first-order chi connectivity index (χ1) is 9.04. The number of nitro groups is 1. The summed E-state index contributed by atoms with van der Waals surface area (Å²) in [5.74, 6) is -0.699. The van der Waals surface area contributed by atoms with Crippen molar-refractivity contribution < 1.29 is 19.2 Å². The Balaban J connectivity index is 3.23. The molecule has 0 radical (unpaired) electrons. The van der Waals surface area contributed by atoms with Crippen LogP contribution in [0.5, 0.6) is 5.75 Å². The molecule has 0 atom stereocenters. The number of halogens is 1. The Hall–Kier alpha value is -1.89. The number of benzene rings is 1. The fourth-order valence-corrected chi connectivity index (χ4v) is 1.82. The van der Waals surface area contributed by atoms with Gasteiger partial charge in [-0.05, 0) is 6.42 Å². The van der Waals surface area contributed by atoms with E-state index in [0.29, 0.717) is 6.54 Å². The number of aliphatic hydroxyl groups excluding tert-OH is 1. The summed E-state index contributed by atoms with van der Waals surface area (Å²) in [6, 6.07) is 2.13. The third-order valence-electron chi connectivity index (χ3n) is 2.65. The van der Waals surface area contributed by atoms with E-state index in [2.05, 4.69) is 0 Å². The lowest BCUT2D eigenvalue weighted by Gasteiger charge is -2.24. The average molecular weight is 272 g/mol. The first kappa shape index (κ1) is 15.2. The van der Waals surface area contributed by atoms with Crippen molar-refractivity contribution in [1.82, 2.24) is 0 Å². The molecule has 1 rings (SSSR count). The van der Waals surface area contributed by atoms with Gasteiger partial charge in [0.1, 0.15) is 0 Å². The highest BCUT2D eigenvalue weighted by molar-refractivity contribution is 5.60. The number of nitro benzene ring substituents is 1. The Labute approximate surface area is 110 Å². The van der Waals surface area contributed by atoms with Gasteiger partial charge in [-0.1, -0.05) is 6.92 Å². The number of ether oxygens (including phenoxy) is 1. The monoisotopic (exact) mass is 272 g/mol. The third-order valence-corrected chi connectivity index (χ3v) is 2.65. The molecule has 0 heterocycles. The summed E-state index contributed by atoms with van der Waals surface area (Å²) in [4.78, 5) is 11.7. The van der Waals surface area contributed by atoms with E-state index >= 15 is 0 Å². The largest absolute Gasteiger partial charge is 0.490 e. The van der Waals surface area contributed by atoms with Gasteiger partial charge in [0.05, 0.1) is 30.4 Å². The van der Waals surface area contributed by atoms with Crippen molar-refractivity contribution in [3.05, 3.63) is 28.1 Å². The van der Waals surface area contributed by atoms with Crippen molar-refractivity contribution in [2.45, 2.75) is 13.3 Å². The minimum atomic E-state index is -0.700. The number of nitrogens with zero attached hydrogens (tertiary/aromatic N) is 2. The molecule has 19 heavy (non-hydrogen) atoms. The quantitative estimate of drug-likeness (QED) is 0.606. The van der Waals surface area contributed by atoms with Gasteiger partial charge in [0, 0.05) is 19.2 Å². The zero-order chi connectivity index (χ0) is 14.4. The summed E-state index contributed by atoms with van der Waals surface area (Å²) in [6.07, 6.45) is 0.763. The van der Waals surface area contributed by atoms with Gasteiger partial charge in [0.15, 0.2) is 11.6 Å². The fourth-order valence-electron chi connectivity index (χ4n) is 1.82. The predicted molar refractivity (Wildman–Crippen MR) is 69.2 cm³/mol. The predicted octanol–water partition coefficient (Wildman–Crippen LogP) is 1.95. The molecule has 1 aromatic rings. The van der Waals surface area contributed by atoms with Gasteiger partial charge >= 0.3 is 5.69 Å². The summed E-state index contributed by atoms with van der Waals surface area (Å²) >= 11 is 0. The Bertz CT molecular complexity index is 448. The molecule has 0 aliphatic carbocycles. The van der Waals surface area contributed by atoms with Crippen LogP contribution in [-0.4, -0.2) is 36.8 Å². The summed E-state index contributed by atoms with van der Waals surface area (Å²) in [6.45, 7) is 2.59. The maximum Gasteiger partial charge on any atom is 0.313 e. The lowest BCUT2D eigenvalue weighted by molar-refractivity contribution is -0.385. The zero-order valence-corrected chi connectivity index (χ0v) is 10.9. The van der Waals surface area contributed by atoms with Gasteiger partial charge in [-0.3, -0.25) is 10.1 Å². The smallest absolute Gasteiger partial charge is 0.313 e. The van der Waals surface area contributed by atoms with Crippen LogP contribution in [0.2, 0.25) is 0 Å². The number of aliphatic hydroxyl groups is 1. The molecule has 0 bridgehead atoms. The molecule has 6 nitrogen and oxygen atoms in total. The summed E-state index contributed by atoms with van der Waals surface area (Å²) < 4.78 is 18.9. The highest BCUT2D eigenvalue weighted by Gasteiger charge is 2.21. The van der Waals surface area contributed by atoms with Crippen LogP contribution >= 0.6 is 0 Å². The molecule has 0 spiro atoms. The maximum absolute atomic E-state index is 13.9. The highest BCUT2D eigenvalue weighted by Crippen LogP contribution is 2.34. The number of hydrogen-bond donors (Lipinski definition) is 1. The van der Waals surface area contributed by atoms with E-state index in [1.54, 1.807) is 4.90 Å². The summed E-state index contributed by atoms with van der Waals surface area (Å²) in [5.41, 5.74) is -0.220. The van der Waals surface area contributed by atoms with Crippen LogP contribution in [0.4, 0.5) is 15.8 Å². The Morgan fingerprint density at radius 1 is 1.47 bits per heavy atom. The minimum absolute atomic E-state index is 0.000410. The van der Waals surface area contributed by atoms with E-state index in [4.69, 9.17) is 9.84 Å². The third kappa shape index (κ3) is 3.54. The Morgan fingerprint density at radius 2 is 2.16 bits per heavy atom. The van der Waals surface area contributed by atoms with Crippen molar-refractivity contribution in [2.24, 2.45) is 0 Å². The van der Waals surface area contributed by atoms with Crippen LogP contribution in [-0.2, 0) is 0 Å². The number of hydrogen-bond acceptors (Lipinski definition) is 5. The van der Waals surface area contributed by atoms with Crippen LogP contribution in [0.3, 0.4) is 0 Å². The molecule has 1 aromatic carbocycles. The maximum atomic E-state index is 13.9. The van der Waals surface area contributed by atoms with Gasteiger partial charge in [0.2, 0.25) is 0 Å². The second-order valence-corrected chi connectivity index (χ2v) is 3.94. The first-order valence-electron chi connectivity index (χ1n) is 5.92. The van der Waals surface area contributed by atoms with Crippen molar-refractivity contribution in [3.8, 4) is 5.75 Å². The van der Waals surface area contributed by atoms with E-state index in [9.17, 15) is 14.5 Å². The van der Waals surface area contributed by atoms with Crippen molar-refractivity contribution >= 4 is 11.4 Å². The fraction of sp³-hybridized carbons (Fsp3) is 0.500. The van der Waals surface area contributed by atoms with Crippen LogP contribution in [0.25, 0.3) is 0 Å². The SMILES string of the molecule is CCCN(CCO)c1cc(OC)c([N+](=O)[O-])cc1F. The second-order valence-electron chi connectivity index (χ2n) is 3.94. The molecular formula is C12H17FN2O4. The molecule has 0 saturated carbocycles. The van der Waals surface area contributed by atoms with Crippen molar-refractivity contribution in [1.29, 1.82) is 0 Å². The van der Waals surface area contributed by atoms with E-state index in [1.165, 1.54) is 13.2 Å². The van der Waals surface area contributed by atoms with Crippen LogP contribution in [0, 0.1) is 15.9 Å². The van der Waals surface area contributed by atoms with Crippen molar-refractivity contribution in [3.63, 3.8) is 0 Å². The Morgan fingerprint density at radius 3 is 2.63 bits per heavy atom. The number of anilines is 1. The van der Waals surface area contributed by atoms with Crippen molar-refractivity contribution in [2.75, 3.05) is 31.7 Å². The molecular weight excluding hydrogens is 255 g/mol. The van der Waals surface area contributed by atoms with E-state index < -0.39 is 16.4 Å². The molecule has 1 N–H and O–H groups in total. The molecule has 0 amide bonds. The lowest BCUT2D eigenvalue weighted by Crippen LogP contribution is -2.28. The molecule has 0 unspecified atom stereocenters. The minimum Gasteiger partial charge on any atom is -0.490 e. The molecule has 106 valence electrons. The molecule has 7 heteroatoms. The first-order valence-corrected chi connectivity index (χ1v) is 5.92. The molecule has 0 saturated heterocycles. The standard InChI is InChI=1S/C12H17FN2O4/c1-3-4-14(5-6-16)10-8-12(19-2)11(15(17)18)7-9(10)13/h7-8,16H,3-6H2,1-2H3. The topological polar surface area (TPSA) is 75.8 Å². The van der Waals surface area contributed by atoms with Gasteiger partial charge in [-0.25, -0.2) is 4.39 Å².